The van der Waals surface area contributed by atoms with Crippen molar-refractivity contribution in [2.24, 2.45) is 5.92 Å². The molecular weight excluding hydrogens is 289 g/mol. The summed E-state index contributed by atoms with van der Waals surface area (Å²) in [6, 6.07) is 3.63. The van der Waals surface area contributed by atoms with Crippen LogP contribution in [-0.4, -0.2) is 9.55 Å². The van der Waals surface area contributed by atoms with Gasteiger partial charge >= 0.3 is 6.18 Å². The molecule has 110 valence electrons. The van der Waals surface area contributed by atoms with Crippen LogP contribution in [0.3, 0.4) is 0 Å². The van der Waals surface area contributed by atoms with Gasteiger partial charge in [-0.3, -0.25) is 0 Å². The van der Waals surface area contributed by atoms with Gasteiger partial charge in [-0.05, 0) is 31.0 Å². The van der Waals surface area contributed by atoms with E-state index in [-0.39, 0.29) is 5.38 Å². The molecule has 0 fully saturated rings. The minimum absolute atomic E-state index is 0.336. The lowest BCUT2D eigenvalue weighted by molar-refractivity contribution is -0.137. The molecule has 1 atom stereocenters. The van der Waals surface area contributed by atoms with Gasteiger partial charge in [-0.1, -0.05) is 13.8 Å². The topological polar surface area (TPSA) is 17.8 Å². The van der Waals surface area contributed by atoms with Crippen molar-refractivity contribution in [2.45, 2.75) is 38.9 Å². The monoisotopic (exact) mass is 304 g/mol. The summed E-state index contributed by atoms with van der Waals surface area (Å²) in [6.45, 7) is 6.52. The molecule has 0 radical (unpaired) electrons. The van der Waals surface area contributed by atoms with Gasteiger partial charge < -0.3 is 4.57 Å². The van der Waals surface area contributed by atoms with Crippen LogP contribution < -0.4 is 0 Å². The summed E-state index contributed by atoms with van der Waals surface area (Å²) in [5, 5.41) is -0.351. The zero-order chi connectivity index (χ0) is 15.1. The minimum Gasteiger partial charge on any atom is -0.326 e. The van der Waals surface area contributed by atoms with E-state index in [0.29, 0.717) is 29.3 Å². The third kappa shape index (κ3) is 2.92. The first-order valence-electron chi connectivity index (χ1n) is 6.41. The SMILES string of the molecule is CC(C)Cn1c(C(C)Cl)nc2cc(C(F)(F)F)ccc21. The number of fused-ring (bicyclic) bond motifs is 1. The van der Waals surface area contributed by atoms with Crippen LogP contribution in [0.5, 0.6) is 0 Å². The van der Waals surface area contributed by atoms with Gasteiger partial charge in [-0.15, -0.1) is 11.6 Å². The van der Waals surface area contributed by atoms with Gasteiger partial charge in [0.2, 0.25) is 0 Å². The van der Waals surface area contributed by atoms with Gasteiger partial charge in [0, 0.05) is 6.54 Å². The number of imidazole rings is 1. The molecule has 0 saturated heterocycles. The zero-order valence-electron chi connectivity index (χ0n) is 11.5. The number of hydrogen-bond donors (Lipinski definition) is 0. The van der Waals surface area contributed by atoms with Crippen molar-refractivity contribution < 1.29 is 13.2 Å². The molecule has 1 aromatic carbocycles. The average Bonchev–Trinajstić information content (AvgIpc) is 2.65. The number of halogens is 4. The van der Waals surface area contributed by atoms with E-state index in [9.17, 15) is 13.2 Å². The van der Waals surface area contributed by atoms with Crippen LogP contribution in [0.15, 0.2) is 18.2 Å². The highest BCUT2D eigenvalue weighted by Gasteiger charge is 2.31. The van der Waals surface area contributed by atoms with E-state index in [2.05, 4.69) is 4.98 Å². The van der Waals surface area contributed by atoms with Crippen LogP contribution in [0, 0.1) is 5.92 Å². The van der Waals surface area contributed by atoms with E-state index >= 15 is 0 Å². The van der Waals surface area contributed by atoms with Crippen LogP contribution in [0.25, 0.3) is 11.0 Å². The first-order chi connectivity index (χ1) is 9.20. The minimum atomic E-state index is -4.36. The maximum atomic E-state index is 12.7. The van der Waals surface area contributed by atoms with Crippen LogP contribution in [0.1, 0.15) is 37.5 Å². The molecule has 0 amide bonds. The van der Waals surface area contributed by atoms with Crippen LogP contribution >= 0.6 is 11.6 Å². The smallest absolute Gasteiger partial charge is 0.326 e. The van der Waals surface area contributed by atoms with E-state index < -0.39 is 11.7 Å². The van der Waals surface area contributed by atoms with Crippen molar-refractivity contribution in [3.05, 3.63) is 29.6 Å². The summed E-state index contributed by atoms with van der Waals surface area (Å²) >= 11 is 6.09. The molecule has 2 nitrogen and oxygen atoms in total. The van der Waals surface area contributed by atoms with Crippen molar-refractivity contribution in [1.82, 2.24) is 9.55 Å². The van der Waals surface area contributed by atoms with Gasteiger partial charge in [0.15, 0.2) is 0 Å². The predicted octanol–water partition coefficient (Wildman–Crippen LogP) is 5.01. The Morgan fingerprint density at radius 2 is 1.90 bits per heavy atom. The highest BCUT2D eigenvalue weighted by molar-refractivity contribution is 6.20. The highest BCUT2D eigenvalue weighted by Crippen LogP contribution is 2.33. The standard InChI is InChI=1S/C14H16ClF3N2/c1-8(2)7-20-12-5-4-10(14(16,17)18)6-11(12)19-13(20)9(3)15/h4-6,8-9H,7H2,1-3H3. The fraction of sp³-hybridized carbons (Fsp3) is 0.500. The molecule has 1 aromatic heterocycles. The van der Waals surface area contributed by atoms with Crippen LogP contribution in [0.2, 0.25) is 0 Å². The second kappa shape index (κ2) is 5.28. The fourth-order valence-electron chi connectivity index (χ4n) is 2.19. The van der Waals surface area contributed by atoms with E-state index in [4.69, 9.17) is 11.6 Å². The predicted molar refractivity (Wildman–Crippen MR) is 73.8 cm³/mol. The van der Waals surface area contributed by atoms with Crippen molar-refractivity contribution in [1.29, 1.82) is 0 Å². The Balaban J connectivity index is 2.61. The Bertz CT molecular complexity index is 615. The molecule has 0 aliphatic rings. The largest absolute Gasteiger partial charge is 0.416 e. The lowest BCUT2D eigenvalue weighted by atomic mass is 10.2. The summed E-state index contributed by atoms with van der Waals surface area (Å²) in [4.78, 5) is 4.27. The van der Waals surface area contributed by atoms with Gasteiger partial charge in [0.25, 0.3) is 0 Å². The van der Waals surface area contributed by atoms with Crippen molar-refractivity contribution in [3.8, 4) is 0 Å². The Labute approximate surface area is 120 Å². The molecule has 0 spiro atoms. The van der Waals surface area contributed by atoms with E-state index in [1.54, 1.807) is 6.92 Å². The molecular formula is C14H16ClF3N2. The maximum absolute atomic E-state index is 12.7. The quantitative estimate of drug-likeness (QED) is 0.729. The molecule has 0 aliphatic carbocycles. The molecule has 2 aromatic rings. The summed E-state index contributed by atoms with van der Waals surface area (Å²) < 4.78 is 40.1. The van der Waals surface area contributed by atoms with Gasteiger partial charge in [-0.25, -0.2) is 4.98 Å². The number of rotatable bonds is 3. The molecule has 0 aliphatic heterocycles. The molecule has 2 rings (SSSR count). The lowest BCUT2D eigenvalue weighted by Crippen LogP contribution is -2.09. The second-order valence-corrected chi connectivity index (χ2v) is 5.95. The van der Waals surface area contributed by atoms with Crippen molar-refractivity contribution in [2.75, 3.05) is 0 Å². The number of nitrogens with zero attached hydrogens (tertiary/aromatic N) is 2. The third-order valence-electron chi connectivity index (χ3n) is 3.01. The van der Waals surface area contributed by atoms with Gasteiger partial charge in [0.05, 0.1) is 22.0 Å². The number of aromatic nitrogens is 2. The Morgan fingerprint density at radius 1 is 1.25 bits per heavy atom. The van der Waals surface area contributed by atoms with Crippen LogP contribution in [0.4, 0.5) is 13.2 Å². The molecule has 1 heterocycles. The Kier molecular flexibility index (Phi) is 4.00. The molecule has 0 bridgehead atoms. The molecule has 0 N–H and O–H groups in total. The average molecular weight is 305 g/mol. The van der Waals surface area contributed by atoms with Gasteiger partial charge in [-0.2, -0.15) is 13.2 Å². The van der Waals surface area contributed by atoms with Crippen molar-refractivity contribution in [3.63, 3.8) is 0 Å². The summed E-state index contributed by atoms with van der Waals surface area (Å²) in [5.74, 6) is 0.957. The maximum Gasteiger partial charge on any atom is 0.416 e. The molecule has 1 unspecified atom stereocenters. The summed E-state index contributed by atoms with van der Waals surface area (Å²) in [5.41, 5.74) is 0.338. The first kappa shape index (κ1) is 15.2. The second-order valence-electron chi connectivity index (χ2n) is 5.29. The highest BCUT2D eigenvalue weighted by atomic mass is 35.5. The summed E-state index contributed by atoms with van der Waals surface area (Å²) in [7, 11) is 0. The molecule has 0 saturated carbocycles. The third-order valence-corrected chi connectivity index (χ3v) is 3.20. The van der Waals surface area contributed by atoms with E-state index in [1.807, 2.05) is 18.4 Å². The normalized spacial score (nSPS) is 14.2. The zero-order valence-corrected chi connectivity index (χ0v) is 12.3. The first-order valence-corrected chi connectivity index (χ1v) is 6.85. The lowest BCUT2D eigenvalue weighted by Gasteiger charge is -2.13. The number of hydrogen-bond acceptors (Lipinski definition) is 1. The van der Waals surface area contributed by atoms with Crippen molar-refractivity contribution >= 4 is 22.6 Å². The van der Waals surface area contributed by atoms with Gasteiger partial charge in [0.1, 0.15) is 5.82 Å². The van der Waals surface area contributed by atoms with E-state index in [0.717, 1.165) is 12.1 Å². The van der Waals surface area contributed by atoms with E-state index in [1.165, 1.54) is 6.07 Å². The fourth-order valence-corrected chi connectivity index (χ4v) is 2.35. The Hall–Kier alpha value is -1.23. The molecule has 20 heavy (non-hydrogen) atoms. The molecule has 6 heteroatoms. The number of benzene rings is 1. The number of alkyl halides is 4. The summed E-state index contributed by atoms with van der Waals surface area (Å²) in [6.07, 6.45) is -4.36. The Morgan fingerprint density at radius 3 is 2.40 bits per heavy atom. The van der Waals surface area contributed by atoms with Crippen LogP contribution in [-0.2, 0) is 12.7 Å².